The zero-order valence-electron chi connectivity index (χ0n) is 16.8. The summed E-state index contributed by atoms with van der Waals surface area (Å²) in [6.45, 7) is 2.72. The second kappa shape index (κ2) is 7.58. The van der Waals surface area contributed by atoms with E-state index in [-0.39, 0.29) is 5.78 Å². The predicted octanol–water partition coefficient (Wildman–Crippen LogP) is 4.54. The molecule has 5 rings (SSSR count). The number of carbonyl (C=O) groups excluding carboxylic acids is 1. The minimum absolute atomic E-state index is 0.207. The predicted molar refractivity (Wildman–Crippen MR) is 117 cm³/mol. The van der Waals surface area contributed by atoms with Gasteiger partial charge in [0, 0.05) is 41.3 Å². The lowest BCUT2D eigenvalue weighted by molar-refractivity contribution is 0.0697. The number of ketones is 1. The molecule has 152 valence electrons. The van der Waals surface area contributed by atoms with Gasteiger partial charge in [0.1, 0.15) is 0 Å². The summed E-state index contributed by atoms with van der Waals surface area (Å²) >= 11 is 0. The Balaban J connectivity index is 1.18. The van der Waals surface area contributed by atoms with Gasteiger partial charge in [-0.15, -0.1) is 0 Å². The molecular weight excluding hydrogens is 376 g/mol. The third-order valence-electron chi connectivity index (χ3n) is 6.38. The van der Waals surface area contributed by atoms with Crippen molar-refractivity contribution in [3.05, 3.63) is 76.5 Å². The summed E-state index contributed by atoms with van der Waals surface area (Å²) in [5.74, 6) is -0.690. The highest BCUT2D eigenvalue weighted by atomic mass is 16.4. The fourth-order valence-electron chi connectivity index (χ4n) is 4.79. The average molecular weight is 400 g/mol. The van der Waals surface area contributed by atoms with Gasteiger partial charge in [-0.25, -0.2) is 4.79 Å². The second-order valence-corrected chi connectivity index (χ2v) is 8.19. The lowest BCUT2D eigenvalue weighted by Gasteiger charge is -2.27. The summed E-state index contributed by atoms with van der Waals surface area (Å²) in [5, 5.41) is 10.2. The molecule has 2 aliphatic rings. The van der Waals surface area contributed by atoms with Crippen LogP contribution >= 0.6 is 0 Å². The number of benzene rings is 2. The lowest BCUT2D eigenvalue weighted by Crippen LogP contribution is -2.33. The summed E-state index contributed by atoms with van der Waals surface area (Å²) in [7, 11) is 0. The van der Waals surface area contributed by atoms with Crippen LogP contribution in [0.2, 0.25) is 0 Å². The van der Waals surface area contributed by atoms with Crippen molar-refractivity contribution in [3.8, 4) is 0 Å². The van der Waals surface area contributed by atoms with E-state index in [0.29, 0.717) is 5.56 Å². The first-order valence-corrected chi connectivity index (χ1v) is 10.5. The summed E-state index contributed by atoms with van der Waals surface area (Å²) in [5.41, 5.74) is 6.70. The van der Waals surface area contributed by atoms with Gasteiger partial charge in [-0.3, -0.25) is 9.69 Å². The Labute approximate surface area is 175 Å². The van der Waals surface area contributed by atoms with Crippen LogP contribution in [0.3, 0.4) is 0 Å². The van der Waals surface area contributed by atoms with Crippen LogP contribution in [0.4, 0.5) is 0 Å². The molecule has 5 nitrogen and oxygen atoms in total. The second-order valence-electron chi connectivity index (χ2n) is 8.19. The van der Waals surface area contributed by atoms with Crippen molar-refractivity contribution in [2.75, 3.05) is 19.6 Å². The number of aryl methyl sites for hydroxylation is 1. The topological polar surface area (TPSA) is 73.4 Å². The summed E-state index contributed by atoms with van der Waals surface area (Å²) in [6.07, 6.45) is 5.92. The monoisotopic (exact) mass is 400 g/mol. The van der Waals surface area contributed by atoms with E-state index in [4.69, 9.17) is 0 Å². The van der Waals surface area contributed by atoms with Gasteiger partial charge >= 0.3 is 5.97 Å². The number of Topliss-reactive ketones (excluding diaryl/α,β-unsaturated/α-hetero) is 1. The van der Waals surface area contributed by atoms with Crippen molar-refractivity contribution in [2.24, 2.45) is 0 Å². The van der Waals surface area contributed by atoms with E-state index in [9.17, 15) is 14.7 Å². The maximum atomic E-state index is 12.7. The SMILES string of the molecule is O=C(O)c1ccc2[nH]cc(CCCCN3CCC4=C(C3)C(=O)c3ccccc34)c2c1. The molecule has 1 aliphatic carbocycles. The Bertz CT molecular complexity index is 1190. The number of aromatic nitrogens is 1. The van der Waals surface area contributed by atoms with Crippen LogP contribution < -0.4 is 0 Å². The molecule has 0 amide bonds. The number of H-pyrrole nitrogens is 1. The number of carboxylic acids is 1. The Morgan fingerprint density at radius 1 is 1.07 bits per heavy atom. The molecule has 2 heterocycles. The van der Waals surface area contributed by atoms with E-state index >= 15 is 0 Å². The lowest BCUT2D eigenvalue weighted by atomic mass is 9.98. The minimum atomic E-state index is -0.897. The van der Waals surface area contributed by atoms with Crippen molar-refractivity contribution in [1.82, 2.24) is 9.88 Å². The van der Waals surface area contributed by atoms with E-state index in [0.717, 1.165) is 78.5 Å². The molecule has 1 aromatic heterocycles. The van der Waals surface area contributed by atoms with Crippen molar-refractivity contribution in [2.45, 2.75) is 25.7 Å². The van der Waals surface area contributed by atoms with Crippen LogP contribution in [0.15, 0.2) is 54.2 Å². The van der Waals surface area contributed by atoms with Gasteiger partial charge in [-0.2, -0.15) is 0 Å². The van der Waals surface area contributed by atoms with Crippen LogP contribution in [0.25, 0.3) is 16.5 Å². The Hall–Kier alpha value is -3.18. The van der Waals surface area contributed by atoms with Crippen LogP contribution in [0.5, 0.6) is 0 Å². The average Bonchev–Trinajstić information content (AvgIpc) is 3.30. The van der Waals surface area contributed by atoms with Crippen LogP contribution in [0.1, 0.15) is 51.1 Å². The van der Waals surface area contributed by atoms with E-state index in [1.165, 1.54) is 5.57 Å². The smallest absolute Gasteiger partial charge is 0.335 e. The molecule has 0 spiro atoms. The van der Waals surface area contributed by atoms with Crippen LogP contribution in [0, 0.1) is 0 Å². The Morgan fingerprint density at radius 3 is 2.73 bits per heavy atom. The molecule has 1 aliphatic heterocycles. The Kier molecular flexibility index (Phi) is 4.75. The normalized spacial score (nSPS) is 16.2. The highest BCUT2D eigenvalue weighted by Crippen LogP contribution is 2.37. The fraction of sp³-hybridized carbons (Fsp3) is 0.280. The first-order valence-electron chi connectivity index (χ1n) is 10.5. The largest absolute Gasteiger partial charge is 0.478 e. The molecule has 0 fully saturated rings. The third kappa shape index (κ3) is 3.25. The molecule has 0 saturated heterocycles. The molecule has 2 N–H and O–H groups in total. The van der Waals surface area contributed by atoms with E-state index in [1.54, 1.807) is 12.1 Å². The molecule has 5 heteroatoms. The molecule has 0 radical (unpaired) electrons. The molecule has 0 saturated carbocycles. The zero-order chi connectivity index (χ0) is 20.7. The molecular formula is C25H24N2O3. The van der Waals surface area contributed by atoms with Gasteiger partial charge in [0.2, 0.25) is 0 Å². The van der Waals surface area contributed by atoms with E-state index < -0.39 is 5.97 Å². The van der Waals surface area contributed by atoms with Crippen LogP contribution in [-0.4, -0.2) is 46.4 Å². The number of carbonyl (C=O) groups is 2. The molecule has 3 aromatic rings. The number of nitrogens with one attached hydrogen (secondary N) is 1. The third-order valence-corrected chi connectivity index (χ3v) is 6.38. The maximum Gasteiger partial charge on any atom is 0.335 e. The van der Waals surface area contributed by atoms with Gasteiger partial charge in [0.15, 0.2) is 5.78 Å². The first kappa shape index (κ1) is 18.8. The number of carboxylic acid groups (broad SMARTS) is 1. The van der Waals surface area contributed by atoms with Crippen LogP contribution in [-0.2, 0) is 6.42 Å². The van der Waals surface area contributed by atoms with E-state index in [2.05, 4.69) is 16.0 Å². The molecule has 0 unspecified atom stereocenters. The highest BCUT2D eigenvalue weighted by molar-refractivity contribution is 6.21. The highest BCUT2D eigenvalue weighted by Gasteiger charge is 2.32. The van der Waals surface area contributed by atoms with Crippen molar-refractivity contribution < 1.29 is 14.7 Å². The number of hydrogen-bond acceptors (Lipinski definition) is 3. The summed E-state index contributed by atoms with van der Waals surface area (Å²) in [4.78, 5) is 29.6. The van der Waals surface area contributed by atoms with Gasteiger partial charge < -0.3 is 10.1 Å². The molecule has 0 atom stereocenters. The standard InChI is InChI=1S/C25H24N2O3/c28-24-20-7-2-1-6-18(20)19-10-12-27(15-22(19)24)11-4-3-5-17-14-26-23-9-8-16(25(29)30)13-21(17)23/h1-2,6-9,13-14,26H,3-5,10-12,15H2,(H,29,30). The quantitative estimate of drug-likeness (QED) is 0.596. The number of fused-ring (bicyclic) bond motifs is 3. The number of nitrogens with zero attached hydrogens (tertiary/aromatic N) is 1. The fourth-order valence-corrected chi connectivity index (χ4v) is 4.79. The Morgan fingerprint density at radius 2 is 1.90 bits per heavy atom. The van der Waals surface area contributed by atoms with Crippen molar-refractivity contribution in [3.63, 3.8) is 0 Å². The van der Waals surface area contributed by atoms with Gasteiger partial charge in [0.05, 0.1) is 5.56 Å². The van der Waals surface area contributed by atoms with Gasteiger partial charge in [0.25, 0.3) is 0 Å². The van der Waals surface area contributed by atoms with Crippen molar-refractivity contribution in [1.29, 1.82) is 0 Å². The van der Waals surface area contributed by atoms with Gasteiger partial charge in [-0.1, -0.05) is 24.3 Å². The van der Waals surface area contributed by atoms with E-state index in [1.807, 2.05) is 30.5 Å². The number of aromatic amines is 1. The minimum Gasteiger partial charge on any atom is -0.478 e. The molecule has 0 bridgehead atoms. The first-order chi connectivity index (χ1) is 14.6. The van der Waals surface area contributed by atoms with Crippen molar-refractivity contribution >= 4 is 28.2 Å². The summed E-state index contributed by atoms with van der Waals surface area (Å²) in [6, 6.07) is 13.2. The van der Waals surface area contributed by atoms with Gasteiger partial charge in [-0.05, 0) is 67.1 Å². The number of hydrogen-bond donors (Lipinski definition) is 2. The maximum absolute atomic E-state index is 12.7. The summed E-state index contributed by atoms with van der Waals surface area (Å²) < 4.78 is 0. The number of aromatic carboxylic acids is 1. The number of unbranched alkanes of at least 4 members (excludes halogenated alkanes) is 1. The molecule has 30 heavy (non-hydrogen) atoms. The zero-order valence-corrected chi connectivity index (χ0v) is 16.8. The molecule has 2 aromatic carbocycles. The number of rotatable bonds is 6.